The molecule has 0 N–H and O–H groups in total. The van der Waals surface area contributed by atoms with Crippen molar-refractivity contribution in [3.63, 3.8) is 0 Å². The van der Waals surface area contributed by atoms with Crippen LogP contribution in [0.5, 0.6) is 5.75 Å². The quantitative estimate of drug-likeness (QED) is 0.835. The van der Waals surface area contributed by atoms with Gasteiger partial charge >= 0.3 is 0 Å². The Balaban J connectivity index is 1.65. The Bertz CT molecular complexity index is 720. The van der Waals surface area contributed by atoms with Crippen LogP contribution in [0.1, 0.15) is 46.5 Å². The van der Waals surface area contributed by atoms with Crippen molar-refractivity contribution in [2.75, 3.05) is 18.0 Å². The monoisotopic (exact) mass is 356 g/mol. The first kappa shape index (κ1) is 17.4. The third kappa shape index (κ3) is 3.44. The van der Waals surface area contributed by atoms with E-state index in [1.54, 1.807) is 4.90 Å². The molecule has 5 heteroatoms. The van der Waals surface area contributed by atoms with Crippen molar-refractivity contribution >= 4 is 17.5 Å². The molecule has 1 saturated heterocycles. The van der Waals surface area contributed by atoms with Gasteiger partial charge in [0.25, 0.3) is 0 Å². The number of anilines is 1. The fraction of sp³-hybridized carbons (Fsp3) is 0.619. The van der Waals surface area contributed by atoms with Gasteiger partial charge < -0.3 is 14.5 Å². The van der Waals surface area contributed by atoms with Gasteiger partial charge in [0.15, 0.2) is 0 Å². The SMILES string of the molecule is CC(C)(C)CC(=O)N1C[C@@H]2C[C@H]1C(=O)N(CC1CC1)c1ccccc1O2. The number of carbonyl (C=O) groups is 2. The number of fused-ring (bicyclic) bond motifs is 3. The van der Waals surface area contributed by atoms with Gasteiger partial charge in [-0.15, -0.1) is 0 Å². The van der Waals surface area contributed by atoms with Crippen LogP contribution in [-0.2, 0) is 9.59 Å². The highest BCUT2D eigenvalue weighted by atomic mass is 16.5. The molecule has 5 nitrogen and oxygen atoms in total. The minimum atomic E-state index is -0.401. The highest BCUT2D eigenvalue weighted by Crippen LogP contribution is 2.39. The van der Waals surface area contributed by atoms with Crippen molar-refractivity contribution < 1.29 is 14.3 Å². The van der Waals surface area contributed by atoms with E-state index >= 15 is 0 Å². The van der Waals surface area contributed by atoms with E-state index in [2.05, 4.69) is 20.8 Å². The summed E-state index contributed by atoms with van der Waals surface area (Å²) in [4.78, 5) is 30.0. The molecule has 2 bridgehead atoms. The van der Waals surface area contributed by atoms with E-state index in [1.165, 1.54) is 12.8 Å². The number of benzene rings is 1. The van der Waals surface area contributed by atoms with Crippen molar-refractivity contribution in [1.82, 2.24) is 4.90 Å². The molecule has 1 aliphatic carbocycles. The van der Waals surface area contributed by atoms with Gasteiger partial charge in [0, 0.05) is 19.4 Å². The highest BCUT2D eigenvalue weighted by Gasteiger charge is 2.46. The zero-order valence-electron chi connectivity index (χ0n) is 15.9. The third-order valence-corrected chi connectivity index (χ3v) is 5.40. The van der Waals surface area contributed by atoms with Crippen LogP contribution < -0.4 is 9.64 Å². The molecule has 1 aromatic rings. The molecule has 4 rings (SSSR count). The van der Waals surface area contributed by atoms with Crippen molar-refractivity contribution in [2.24, 2.45) is 11.3 Å². The lowest BCUT2D eigenvalue weighted by molar-refractivity contribution is -0.139. The van der Waals surface area contributed by atoms with Gasteiger partial charge in [-0.05, 0) is 36.3 Å². The lowest BCUT2D eigenvalue weighted by Crippen LogP contribution is -2.49. The second-order valence-corrected chi connectivity index (χ2v) is 9.13. The second-order valence-electron chi connectivity index (χ2n) is 9.13. The number of rotatable bonds is 3. The summed E-state index contributed by atoms with van der Waals surface area (Å²) in [5.41, 5.74) is 0.754. The fourth-order valence-corrected chi connectivity index (χ4v) is 3.95. The number of nitrogens with zero attached hydrogens (tertiary/aromatic N) is 2. The van der Waals surface area contributed by atoms with Crippen LogP contribution in [0.2, 0.25) is 0 Å². The number of hydrogen-bond donors (Lipinski definition) is 0. The van der Waals surface area contributed by atoms with E-state index < -0.39 is 6.04 Å². The molecule has 140 valence electrons. The molecule has 0 spiro atoms. The van der Waals surface area contributed by atoms with Gasteiger partial charge in [-0.3, -0.25) is 9.59 Å². The summed E-state index contributed by atoms with van der Waals surface area (Å²) >= 11 is 0. The Hall–Kier alpha value is -2.04. The molecule has 0 radical (unpaired) electrons. The minimum Gasteiger partial charge on any atom is -0.486 e. The first-order chi connectivity index (χ1) is 12.3. The van der Waals surface area contributed by atoms with Crippen LogP contribution >= 0.6 is 0 Å². The minimum absolute atomic E-state index is 0.0532. The van der Waals surface area contributed by atoms with Crippen LogP contribution in [0.4, 0.5) is 5.69 Å². The van der Waals surface area contributed by atoms with Gasteiger partial charge in [-0.2, -0.15) is 0 Å². The first-order valence-corrected chi connectivity index (χ1v) is 9.68. The van der Waals surface area contributed by atoms with Crippen LogP contribution in [0.3, 0.4) is 0 Å². The number of likely N-dealkylation sites (tertiary alicyclic amines) is 1. The molecule has 2 amide bonds. The maximum Gasteiger partial charge on any atom is 0.250 e. The molecular weight excluding hydrogens is 328 g/mol. The smallest absolute Gasteiger partial charge is 0.250 e. The molecule has 2 fully saturated rings. The third-order valence-electron chi connectivity index (χ3n) is 5.40. The number of ether oxygens (including phenoxy) is 1. The molecule has 0 unspecified atom stereocenters. The van der Waals surface area contributed by atoms with E-state index in [9.17, 15) is 9.59 Å². The van der Waals surface area contributed by atoms with Crippen molar-refractivity contribution in [1.29, 1.82) is 0 Å². The summed E-state index contributed by atoms with van der Waals surface area (Å²) in [6.45, 7) is 7.38. The summed E-state index contributed by atoms with van der Waals surface area (Å²) < 4.78 is 6.23. The predicted molar refractivity (Wildman–Crippen MR) is 100 cm³/mol. The molecule has 0 aromatic heterocycles. The summed E-state index contributed by atoms with van der Waals surface area (Å²) in [5, 5.41) is 0. The summed E-state index contributed by atoms with van der Waals surface area (Å²) in [7, 11) is 0. The van der Waals surface area contributed by atoms with E-state index in [-0.39, 0.29) is 23.3 Å². The van der Waals surface area contributed by atoms with E-state index in [4.69, 9.17) is 4.74 Å². The van der Waals surface area contributed by atoms with E-state index in [0.29, 0.717) is 25.3 Å². The summed E-state index contributed by atoms with van der Waals surface area (Å²) in [5.74, 6) is 1.44. The Morgan fingerprint density at radius 3 is 2.65 bits per heavy atom. The number of para-hydroxylation sites is 2. The van der Waals surface area contributed by atoms with Crippen molar-refractivity contribution in [2.45, 2.75) is 58.6 Å². The average molecular weight is 356 g/mol. The van der Waals surface area contributed by atoms with Gasteiger partial charge in [0.1, 0.15) is 17.9 Å². The fourth-order valence-electron chi connectivity index (χ4n) is 3.95. The van der Waals surface area contributed by atoms with Crippen molar-refractivity contribution in [3.8, 4) is 5.75 Å². The maximum atomic E-state index is 13.4. The van der Waals surface area contributed by atoms with Crippen molar-refractivity contribution in [3.05, 3.63) is 24.3 Å². The zero-order chi connectivity index (χ0) is 18.5. The predicted octanol–water partition coefficient (Wildman–Crippen LogP) is 3.23. The molecule has 3 aliphatic rings. The Kier molecular flexibility index (Phi) is 4.20. The summed E-state index contributed by atoms with van der Waals surface area (Å²) in [6, 6.07) is 7.38. The molecule has 1 saturated carbocycles. The molecule has 2 aliphatic heterocycles. The zero-order valence-corrected chi connectivity index (χ0v) is 15.9. The normalized spacial score (nSPS) is 25.4. The maximum absolute atomic E-state index is 13.4. The molecule has 1 aromatic carbocycles. The largest absolute Gasteiger partial charge is 0.486 e. The molecule has 26 heavy (non-hydrogen) atoms. The Morgan fingerprint density at radius 1 is 1.23 bits per heavy atom. The van der Waals surface area contributed by atoms with E-state index in [0.717, 1.165) is 18.0 Å². The average Bonchev–Trinajstić information content (AvgIpc) is 3.27. The lowest BCUT2D eigenvalue weighted by atomic mass is 9.91. The Morgan fingerprint density at radius 2 is 1.96 bits per heavy atom. The van der Waals surface area contributed by atoms with Crippen LogP contribution in [0, 0.1) is 11.3 Å². The van der Waals surface area contributed by atoms with Crippen LogP contribution in [-0.4, -0.2) is 41.9 Å². The van der Waals surface area contributed by atoms with Gasteiger partial charge in [0.2, 0.25) is 11.8 Å². The summed E-state index contributed by atoms with van der Waals surface area (Å²) in [6.07, 6.45) is 3.26. The Labute approximate surface area is 155 Å². The van der Waals surface area contributed by atoms with Gasteiger partial charge in [-0.25, -0.2) is 0 Å². The number of hydrogen-bond acceptors (Lipinski definition) is 3. The first-order valence-electron chi connectivity index (χ1n) is 9.68. The second kappa shape index (κ2) is 6.29. The van der Waals surface area contributed by atoms with E-state index in [1.807, 2.05) is 29.2 Å². The standard InChI is InChI=1S/C21H28N2O3/c1-21(2,3)11-19(24)22-13-15-10-17(22)20(25)23(12-14-8-9-14)16-6-4-5-7-18(16)26-15/h4-7,14-15,17H,8-13H2,1-3H3/t15-,17-/m0/s1. The van der Waals surface area contributed by atoms with Gasteiger partial charge in [-0.1, -0.05) is 32.9 Å². The number of carbonyl (C=O) groups excluding carboxylic acids is 2. The number of amides is 2. The molecular formula is C21H28N2O3. The van der Waals surface area contributed by atoms with Gasteiger partial charge in [0.05, 0.1) is 12.2 Å². The highest BCUT2D eigenvalue weighted by molar-refractivity contribution is 6.01. The van der Waals surface area contributed by atoms with Crippen LogP contribution in [0.25, 0.3) is 0 Å². The van der Waals surface area contributed by atoms with Crippen LogP contribution in [0.15, 0.2) is 24.3 Å². The lowest BCUT2D eigenvalue weighted by Gasteiger charge is -2.32. The topological polar surface area (TPSA) is 49.9 Å². The molecule has 2 atom stereocenters. The molecule has 2 heterocycles.